The Hall–Kier alpha value is -2.63. The van der Waals surface area contributed by atoms with E-state index in [1.165, 1.54) is 29.0 Å². The fourth-order valence-corrected chi connectivity index (χ4v) is 4.67. The number of hydrogen-bond donors (Lipinski definition) is 1. The van der Waals surface area contributed by atoms with Crippen molar-refractivity contribution in [3.63, 3.8) is 0 Å². The highest BCUT2D eigenvalue weighted by atomic mass is 16.2. The normalized spacial score (nSPS) is 21.7. The number of rotatable bonds is 5. The van der Waals surface area contributed by atoms with Crippen molar-refractivity contribution < 1.29 is 14.4 Å². The number of amides is 4. The molecule has 2 heterocycles. The van der Waals surface area contributed by atoms with Crippen molar-refractivity contribution in [2.45, 2.75) is 64.3 Å². The maximum Gasteiger partial charge on any atom is 0.331 e. The van der Waals surface area contributed by atoms with Gasteiger partial charge in [0.05, 0.1) is 0 Å². The van der Waals surface area contributed by atoms with Crippen molar-refractivity contribution in [3.8, 4) is 0 Å². The monoisotopic (exact) mass is 395 g/mol. The molecule has 6 heteroatoms. The van der Waals surface area contributed by atoms with Gasteiger partial charge in [0.25, 0.3) is 11.8 Å². The number of hydrogen-bond acceptors (Lipinski definition) is 4. The van der Waals surface area contributed by atoms with Crippen LogP contribution in [0.1, 0.15) is 63.0 Å². The van der Waals surface area contributed by atoms with Crippen LogP contribution in [0.2, 0.25) is 0 Å². The topological polar surface area (TPSA) is 69.7 Å². The average Bonchev–Trinajstić information content (AvgIpc) is 3.12. The number of carbonyl (C=O) groups excluding carboxylic acids is 3. The number of nitrogens with one attached hydrogen (secondary N) is 1. The van der Waals surface area contributed by atoms with E-state index in [0.717, 1.165) is 57.2 Å². The first-order chi connectivity index (χ1) is 14.1. The van der Waals surface area contributed by atoms with Gasteiger partial charge in [0, 0.05) is 24.8 Å². The standard InChI is InChI=1S/C23H29N3O3/c1-2-3-12-25-13-11-17-14-16(9-10-20(17)25)15-19-21(27)24-23(29)26(22(19)28)18-7-5-4-6-8-18/h9-10,14-15,18H,2-8,11-13H2,1H3,(H,24,27,29)/b19-15-. The summed E-state index contributed by atoms with van der Waals surface area (Å²) in [6.07, 6.45) is 9.72. The second kappa shape index (κ2) is 8.39. The predicted octanol–water partition coefficient (Wildman–Crippen LogP) is 3.64. The van der Waals surface area contributed by atoms with Gasteiger partial charge < -0.3 is 4.90 Å². The molecule has 6 nitrogen and oxygen atoms in total. The Labute approximate surface area is 171 Å². The Morgan fingerprint density at radius 2 is 1.93 bits per heavy atom. The van der Waals surface area contributed by atoms with Crippen molar-refractivity contribution in [2.24, 2.45) is 0 Å². The fraction of sp³-hybridized carbons (Fsp3) is 0.522. The van der Waals surface area contributed by atoms with Crippen LogP contribution in [-0.4, -0.2) is 41.9 Å². The zero-order valence-electron chi connectivity index (χ0n) is 17.1. The average molecular weight is 396 g/mol. The van der Waals surface area contributed by atoms with E-state index in [1.807, 2.05) is 6.07 Å². The molecule has 154 valence electrons. The van der Waals surface area contributed by atoms with Crippen molar-refractivity contribution in [2.75, 3.05) is 18.0 Å². The highest BCUT2D eigenvalue weighted by molar-refractivity contribution is 6.31. The summed E-state index contributed by atoms with van der Waals surface area (Å²) in [5.41, 5.74) is 3.38. The van der Waals surface area contributed by atoms with Gasteiger partial charge >= 0.3 is 6.03 Å². The maximum absolute atomic E-state index is 13.0. The van der Waals surface area contributed by atoms with Crippen LogP contribution >= 0.6 is 0 Å². The second-order valence-electron chi connectivity index (χ2n) is 8.26. The van der Waals surface area contributed by atoms with Crippen molar-refractivity contribution in [3.05, 3.63) is 34.9 Å². The van der Waals surface area contributed by atoms with Crippen LogP contribution < -0.4 is 10.2 Å². The zero-order chi connectivity index (χ0) is 20.4. The molecular formula is C23H29N3O3. The van der Waals surface area contributed by atoms with E-state index in [-0.39, 0.29) is 11.6 Å². The lowest BCUT2D eigenvalue weighted by atomic mass is 9.93. The van der Waals surface area contributed by atoms with E-state index in [9.17, 15) is 14.4 Å². The van der Waals surface area contributed by atoms with E-state index in [1.54, 1.807) is 6.08 Å². The third kappa shape index (κ3) is 3.93. The van der Waals surface area contributed by atoms with Gasteiger partial charge in [-0.3, -0.25) is 19.8 Å². The maximum atomic E-state index is 13.0. The minimum absolute atomic E-state index is 0.0518. The number of anilines is 1. The van der Waals surface area contributed by atoms with Gasteiger partial charge in [-0.25, -0.2) is 4.79 Å². The van der Waals surface area contributed by atoms with Crippen LogP contribution in [0.5, 0.6) is 0 Å². The SMILES string of the molecule is CCCCN1CCc2cc(/C=C3/C(=O)NC(=O)N(C4CCCCC4)C3=O)ccc21. The highest BCUT2D eigenvalue weighted by Crippen LogP contribution is 2.31. The number of urea groups is 1. The Kier molecular flexibility index (Phi) is 5.69. The summed E-state index contributed by atoms with van der Waals surface area (Å²) < 4.78 is 0. The quantitative estimate of drug-likeness (QED) is 0.610. The Bertz CT molecular complexity index is 855. The summed E-state index contributed by atoms with van der Waals surface area (Å²) in [5, 5.41) is 2.36. The van der Waals surface area contributed by atoms with Crippen molar-refractivity contribution in [1.29, 1.82) is 0 Å². The molecule has 2 aliphatic heterocycles. The molecule has 3 aliphatic rings. The first-order valence-corrected chi connectivity index (χ1v) is 10.9. The minimum atomic E-state index is -0.600. The van der Waals surface area contributed by atoms with E-state index in [2.05, 4.69) is 29.3 Å². The number of unbranched alkanes of at least 4 members (excludes halogenated alkanes) is 1. The smallest absolute Gasteiger partial charge is 0.331 e. The molecule has 0 unspecified atom stereocenters. The third-order valence-electron chi connectivity index (χ3n) is 6.26. The van der Waals surface area contributed by atoms with Gasteiger partial charge in [0.15, 0.2) is 0 Å². The number of nitrogens with zero attached hydrogens (tertiary/aromatic N) is 2. The van der Waals surface area contributed by atoms with Gasteiger partial charge in [0.1, 0.15) is 5.57 Å². The predicted molar refractivity (Wildman–Crippen MR) is 113 cm³/mol. The van der Waals surface area contributed by atoms with Crippen molar-refractivity contribution >= 4 is 29.6 Å². The van der Waals surface area contributed by atoms with Crippen LogP contribution in [0.15, 0.2) is 23.8 Å². The van der Waals surface area contributed by atoms with Crippen LogP contribution in [-0.2, 0) is 16.0 Å². The fourth-order valence-electron chi connectivity index (χ4n) is 4.67. The lowest BCUT2D eigenvalue weighted by molar-refractivity contribution is -0.132. The Morgan fingerprint density at radius 3 is 2.69 bits per heavy atom. The first-order valence-electron chi connectivity index (χ1n) is 10.9. The molecule has 0 bridgehead atoms. The van der Waals surface area contributed by atoms with E-state index in [4.69, 9.17) is 0 Å². The molecule has 0 atom stereocenters. The van der Waals surface area contributed by atoms with E-state index in [0.29, 0.717) is 0 Å². The summed E-state index contributed by atoms with van der Waals surface area (Å²) in [6.45, 7) is 4.27. The number of carbonyl (C=O) groups is 3. The molecule has 29 heavy (non-hydrogen) atoms. The van der Waals surface area contributed by atoms with Crippen LogP contribution in [0.4, 0.5) is 10.5 Å². The number of fused-ring (bicyclic) bond motifs is 1. The van der Waals surface area contributed by atoms with E-state index >= 15 is 0 Å². The molecule has 0 aromatic heterocycles. The largest absolute Gasteiger partial charge is 0.371 e. The minimum Gasteiger partial charge on any atom is -0.371 e. The lowest BCUT2D eigenvalue weighted by Crippen LogP contribution is -2.58. The summed E-state index contributed by atoms with van der Waals surface area (Å²) in [5.74, 6) is -1.06. The summed E-state index contributed by atoms with van der Waals surface area (Å²) in [7, 11) is 0. The number of imide groups is 2. The number of benzene rings is 1. The highest BCUT2D eigenvalue weighted by Gasteiger charge is 2.40. The Balaban J connectivity index is 1.57. The summed E-state index contributed by atoms with van der Waals surface area (Å²) in [4.78, 5) is 41.4. The number of barbiturate groups is 1. The molecule has 2 fully saturated rings. The summed E-state index contributed by atoms with van der Waals surface area (Å²) >= 11 is 0. The Morgan fingerprint density at radius 1 is 1.14 bits per heavy atom. The van der Waals surface area contributed by atoms with Crippen molar-refractivity contribution in [1.82, 2.24) is 10.2 Å². The van der Waals surface area contributed by atoms with Gasteiger partial charge in [-0.05, 0) is 55.0 Å². The molecule has 4 rings (SSSR count). The molecule has 1 saturated heterocycles. The zero-order valence-corrected chi connectivity index (χ0v) is 17.1. The molecule has 1 aliphatic carbocycles. The molecular weight excluding hydrogens is 366 g/mol. The molecule has 0 spiro atoms. The van der Waals surface area contributed by atoms with Crippen LogP contribution in [0.3, 0.4) is 0 Å². The summed E-state index contributed by atoms with van der Waals surface area (Å²) in [6, 6.07) is 5.41. The van der Waals surface area contributed by atoms with Gasteiger partial charge in [-0.1, -0.05) is 38.7 Å². The second-order valence-corrected chi connectivity index (χ2v) is 8.26. The molecule has 4 amide bonds. The molecule has 1 aromatic rings. The first kappa shape index (κ1) is 19.7. The molecule has 1 saturated carbocycles. The molecule has 1 aromatic carbocycles. The van der Waals surface area contributed by atoms with E-state index < -0.39 is 17.8 Å². The molecule has 1 N–H and O–H groups in total. The third-order valence-corrected chi connectivity index (χ3v) is 6.26. The lowest BCUT2D eigenvalue weighted by Gasteiger charge is -2.35. The van der Waals surface area contributed by atoms with Crippen LogP contribution in [0.25, 0.3) is 6.08 Å². The van der Waals surface area contributed by atoms with Gasteiger partial charge in [0.2, 0.25) is 0 Å². The van der Waals surface area contributed by atoms with Gasteiger partial charge in [-0.15, -0.1) is 0 Å². The van der Waals surface area contributed by atoms with Gasteiger partial charge in [-0.2, -0.15) is 0 Å². The molecule has 0 radical (unpaired) electrons. The van der Waals surface area contributed by atoms with Crippen LogP contribution in [0, 0.1) is 0 Å².